The van der Waals surface area contributed by atoms with Crippen LogP contribution in [0.1, 0.15) is 18.4 Å². The maximum atomic E-state index is 8.72. The van der Waals surface area contributed by atoms with E-state index in [-0.39, 0.29) is 5.92 Å². The van der Waals surface area contributed by atoms with Crippen LogP contribution in [0.15, 0.2) is 36.4 Å². The van der Waals surface area contributed by atoms with Gasteiger partial charge in [-0.05, 0) is 12.0 Å². The molecule has 0 saturated heterocycles. The smallest absolute Gasteiger partial charge is 0.0669 e. The van der Waals surface area contributed by atoms with Crippen LogP contribution in [0, 0.1) is 28.6 Å². The van der Waals surface area contributed by atoms with Crippen molar-refractivity contribution in [3.8, 4) is 12.1 Å². The normalized spacial score (nSPS) is 11.9. The molecular formula is C13H12N2. The molecule has 74 valence electrons. The highest BCUT2D eigenvalue weighted by Gasteiger charge is 2.02. The van der Waals surface area contributed by atoms with Crippen LogP contribution in [0.5, 0.6) is 0 Å². The van der Waals surface area contributed by atoms with Crippen LogP contribution >= 0.6 is 0 Å². The SMILES string of the molecule is N#CCC(C#N)C/C=C/c1ccccc1. The molecule has 0 radical (unpaired) electrons. The average molecular weight is 196 g/mol. The zero-order chi connectivity index (χ0) is 10.9. The van der Waals surface area contributed by atoms with Crippen LogP contribution in [0.25, 0.3) is 6.08 Å². The second-order valence-corrected chi connectivity index (χ2v) is 3.24. The van der Waals surface area contributed by atoms with Gasteiger partial charge in [0.25, 0.3) is 0 Å². The molecule has 0 aliphatic carbocycles. The lowest BCUT2D eigenvalue weighted by molar-refractivity contribution is 0.699. The molecule has 0 saturated carbocycles. The number of hydrogen-bond donors (Lipinski definition) is 0. The highest BCUT2D eigenvalue weighted by Crippen LogP contribution is 2.09. The van der Waals surface area contributed by atoms with Crippen LogP contribution in [-0.4, -0.2) is 0 Å². The van der Waals surface area contributed by atoms with Gasteiger partial charge in [-0.25, -0.2) is 0 Å². The minimum Gasteiger partial charge on any atom is -0.198 e. The predicted molar refractivity (Wildman–Crippen MR) is 59.4 cm³/mol. The number of hydrogen-bond acceptors (Lipinski definition) is 2. The lowest BCUT2D eigenvalue weighted by Crippen LogP contribution is -1.92. The minimum atomic E-state index is -0.185. The summed E-state index contributed by atoms with van der Waals surface area (Å²) in [4.78, 5) is 0. The molecule has 1 rings (SSSR count). The molecule has 1 unspecified atom stereocenters. The lowest BCUT2D eigenvalue weighted by Gasteiger charge is -1.97. The van der Waals surface area contributed by atoms with Crippen molar-refractivity contribution >= 4 is 6.08 Å². The highest BCUT2D eigenvalue weighted by molar-refractivity contribution is 5.48. The Balaban J connectivity index is 2.47. The van der Waals surface area contributed by atoms with Gasteiger partial charge in [-0.2, -0.15) is 10.5 Å². The van der Waals surface area contributed by atoms with E-state index in [4.69, 9.17) is 10.5 Å². The lowest BCUT2D eigenvalue weighted by atomic mass is 10.0. The van der Waals surface area contributed by atoms with Gasteiger partial charge >= 0.3 is 0 Å². The summed E-state index contributed by atoms with van der Waals surface area (Å²) in [5.41, 5.74) is 1.12. The summed E-state index contributed by atoms with van der Waals surface area (Å²) < 4.78 is 0. The molecule has 1 aromatic rings. The van der Waals surface area contributed by atoms with E-state index in [2.05, 4.69) is 6.07 Å². The Labute approximate surface area is 90.1 Å². The molecule has 0 aliphatic rings. The molecule has 15 heavy (non-hydrogen) atoms. The van der Waals surface area contributed by atoms with Gasteiger partial charge in [0.15, 0.2) is 0 Å². The number of benzene rings is 1. The molecule has 0 aliphatic heterocycles. The van der Waals surface area contributed by atoms with Crippen molar-refractivity contribution in [2.45, 2.75) is 12.8 Å². The first-order chi connectivity index (χ1) is 7.36. The summed E-state index contributed by atoms with van der Waals surface area (Å²) in [5.74, 6) is -0.185. The van der Waals surface area contributed by atoms with Gasteiger partial charge in [-0.3, -0.25) is 0 Å². The quantitative estimate of drug-likeness (QED) is 0.742. The molecule has 0 amide bonds. The van der Waals surface area contributed by atoms with Gasteiger partial charge in [0.2, 0.25) is 0 Å². The van der Waals surface area contributed by atoms with E-state index >= 15 is 0 Å². The molecule has 0 spiro atoms. The minimum absolute atomic E-state index is 0.185. The Morgan fingerprint density at radius 2 is 1.93 bits per heavy atom. The van der Waals surface area contributed by atoms with Gasteiger partial charge in [0, 0.05) is 0 Å². The van der Waals surface area contributed by atoms with Crippen LogP contribution in [0.4, 0.5) is 0 Å². The molecule has 2 nitrogen and oxygen atoms in total. The van der Waals surface area contributed by atoms with Gasteiger partial charge in [-0.1, -0.05) is 42.5 Å². The fourth-order valence-corrected chi connectivity index (χ4v) is 1.22. The summed E-state index contributed by atoms with van der Waals surface area (Å²) in [6, 6.07) is 14.0. The van der Waals surface area contributed by atoms with Crippen molar-refractivity contribution in [3.63, 3.8) is 0 Å². The van der Waals surface area contributed by atoms with E-state index in [0.717, 1.165) is 5.56 Å². The molecule has 2 heteroatoms. The Morgan fingerprint density at radius 1 is 1.20 bits per heavy atom. The maximum absolute atomic E-state index is 8.72. The fourth-order valence-electron chi connectivity index (χ4n) is 1.22. The molecular weight excluding hydrogens is 184 g/mol. The Bertz CT molecular complexity index is 393. The summed E-state index contributed by atoms with van der Waals surface area (Å²) >= 11 is 0. The van der Waals surface area contributed by atoms with Crippen LogP contribution < -0.4 is 0 Å². The van der Waals surface area contributed by atoms with Crippen molar-refractivity contribution in [2.75, 3.05) is 0 Å². The van der Waals surface area contributed by atoms with E-state index < -0.39 is 0 Å². The summed E-state index contributed by atoms with van der Waals surface area (Å²) in [7, 11) is 0. The standard InChI is InChI=1S/C13H12N2/c14-10-9-13(11-15)8-4-7-12-5-2-1-3-6-12/h1-7,13H,8-9H2/b7-4+. The first-order valence-corrected chi connectivity index (χ1v) is 4.85. The van der Waals surface area contributed by atoms with E-state index in [1.165, 1.54) is 0 Å². The molecule has 0 heterocycles. The van der Waals surface area contributed by atoms with Crippen LogP contribution in [-0.2, 0) is 0 Å². The van der Waals surface area contributed by atoms with E-state index in [1.54, 1.807) is 0 Å². The van der Waals surface area contributed by atoms with Crippen molar-refractivity contribution in [2.24, 2.45) is 5.92 Å². The summed E-state index contributed by atoms with van der Waals surface area (Å²) in [6.45, 7) is 0. The van der Waals surface area contributed by atoms with Gasteiger partial charge < -0.3 is 0 Å². The molecule has 1 atom stereocenters. The van der Waals surface area contributed by atoms with Crippen molar-refractivity contribution < 1.29 is 0 Å². The van der Waals surface area contributed by atoms with E-state index in [9.17, 15) is 0 Å². The second-order valence-electron chi connectivity index (χ2n) is 3.24. The van der Waals surface area contributed by atoms with E-state index in [0.29, 0.717) is 12.8 Å². The maximum Gasteiger partial charge on any atom is 0.0669 e. The van der Waals surface area contributed by atoms with Crippen LogP contribution in [0.2, 0.25) is 0 Å². The summed E-state index contributed by atoms with van der Waals surface area (Å²) in [6.07, 6.45) is 4.86. The summed E-state index contributed by atoms with van der Waals surface area (Å²) in [5, 5.41) is 17.2. The zero-order valence-corrected chi connectivity index (χ0v) is 8.43. The third-order valence-corrected chi connectivity index (χ3v) is 2.05. The van der Waals surface area contributed by atoms with Gasteiger partial charge in [-0.15, -0.1) is 0 Å². The Kier molecular flexibility index (Phi) is 4.70. The van der Waals surface area contributed by atoms with E-state index in [1.807, 2.05) is 48.6 Å². The number of allylic oxidation sites excluding steroid dienone is 1. The highest BCUT2D eigenvalue weighted by atomic mass is 14.3. The van der Waals surface area contributed by atoms with Crippen molar-refractivity contribution in [1.82, 2.24) is 0 Å². The van der Waals surface area contributed by atoms with Crippen molar-refractivity contribution in [3.05, 3.63) is 42.0 Å². The number of nitriles is 2. The third-order valence-electron chi connectivity index (χ3n) is 2.05. The number of nitrogens with zero attached hydrogens (tertiary/aromatic N) is 2. The zero-order valence-electron chi connectivity index (χ0n) is 8.43. The number of rotatable bonds is 4. The molecule has 0 N–H and O–H groups in total. The molecule has 0 fully saturated rings. The monoisotopic (exact) mass is 196 g/mol. The fraction of sp³-hybridized carbons (Fsp3) is 0.231. The second kappa shape index (κ2) is 6.40. The largest absolute Gasteiger partial charge is 0.198 e. The molecule has 0 bridgehead atoms. The average Bonchev–Trinajstić information content (AvgIpc) is 2.29. The van der Waals surface area contributed by atoms with Gasteiger partial charge in [0.05, 0.1) is 24.5 Å². The molecule has 0 aromatic heterocycles. The van der Waals surface area contributed by atoms with Crippen LogP contribution in [0.3, 0.4) is 0 Å². The first kappa shape index (κ1) is 11.0. The van der Waals surface area contributed by atoms with Gasteiger partial charge in [0.1, 0.15) is 0 Å². The van der Waals surface area contributed by atoms with Crippen molar-refractivity contribution in [1.29, 1.82) is 10.5 Å². The topological polar surface area (TPSA) is 47.6 Å². The molecule has 1 aromatic carbocycles. The predicted octanol–water partition coefficient (Wildman–Crippen LogP) is 3.14. The Morgan fingerprint density at radius 3 is 2.53 bits per heavy atom. The Hall–Kier alpha value is -2.06. The third kappa shape index (κ3) is 4.11. The first-order valence-electron chi connectivity index (χ1n) is 4.85.